The maximum atomic E-state index is 11.9. The summed E-state index contributed by atoms with van der Waals surface area (Å²) in [5.41, 5.74) is 1.46. The fraction of sp³-hybridized carbons (Fsp3) is 0.235. The van der Waals surface area contributed by atoms with E-state index in [1.54, 1.807) is 30.3 Å². The van der Waals surface area contributed by atoms with Crippen LogP contribution in [-0.4, -0.2) is 24.1 Å². The summed E-state index contributed by atoms with van der Waals surface area (Å²) in [6, 6.07) is 11.2. The Kier molecular flexibility index (Phi) is 4.60. The van der Waals surface area contributed by atoms with Crippen molar-refractivity contribution in [2.24, 2.45) is 0 Å². The van der Waals surface area contributed by atoms with E-state index in [0.29, 0.717) is 30.3 Å². The van der Waals surface area contributed by atoms with E-state index in [1.165, 1.54) is 12.1 Å². The lowest BCUT2D eigenvalue weighted by atomic mass is 10.1. The summed E-state index contributed by atoms with van der Waals surface area (Å²) in [6.07, 6.45) is 0.115. The van der Waals surface area contributed by atoms with Crippen molar-refractivity contribution in [2.45, 2.75) is 13.0 Å². The number of hydrogen-bond donors (Lipinski definition) is 0. The predicted octanol–water partition coefficient (Wildman–Crippen LogP) is 2.65. The topological polar surface area (TPSA) is 87.9 Å². The highest BCUT2D eigenvalue weighted by molar-refractivity contribution is 5.73. The molecular formula is C17H15NO6. The maximum Gasteiger partial charge on any atom is 0.310 e. The Morgan fingerprint density at radius 3 is 2.42 bits per heavy atom. The Bertz CT molecular complexity index is 756. The molecule has 0 N–H and O–H groups in total. The Morgan fingerprint density at radius 1 is 1.04 bits per heavy atom. The molecule has 0 spiro atoms. The molecule has 0 aliphatic carbocycles. The van der Waals surface area contributed by atoms with E-state index in [-0.39, 0.29) is 24.7 Å². The van der Waals surface area contributed by atoms with Crippen LogP contribution in [0.2, 0.25) is 0 Å². The number of benzene rings is 2. The highest BCUT2D eigenvalue weighted by Crippen LogP contribution is 2.30. The molecule has 0 unspecified atom stereocenters. The summed E-state index contributed by atoms with van der Waals surface area (Å²) in [7, 11) is 0. The molecule has 0 aromatic heterocycles. The zero-order valence-corrected chi connectivity index (χ0v) is 12.8. The van der Waals surface area contributed by atoms with Crippen molar-refractivity contribution in [3.8, 4) is 11.5 Å². The molecule has 0 radical (unpaired) electrons. The third-order valence-electron chi connectivity index (χ3n) is 3.50. The Hall–Kier alpha value is -3.09. The van der Waals surface area contributed by atoms with Gasteiger partial charge < -0.3 is 14.2 Å². The number of non-ortho nitro benzene ring substituents is 1. The van der Waals surface area contributed by atoms with Crippen molar-refractivity contribution in [3.63, 3.8) is 0 Å². The van der Waals surface area contributed by atoms with Gasteiger partial charge in [0.15, 0.2) is 11.5 Å². The number of esters is 1. The van der Waals surface area contributed by atoms with Crippen LogP contribution < -0.4 is 9.47 Å². The molecule has 2 aromatic rings. The molecule has 0 atom stereocenters. The zero-order valence-electron chi connectivity index (χ0n) is 12.8. The summed E-state index contributed by atoms with van der Waals surface area (Å²) in [4.78, 5) is 22.0. The van der Waals surface area contributed by atoms with Crippen LogP contribution in [0.25, 0.3) is 0 Å². The third kappa shape index (κ3) is 3.81. The standard InChI is InChI=1S/C17H15NO6/c19-17(24-11-12-1-4-14(5-2-12)18(20)21)10-13-3-6-15-16(9-13)23-8-7-22-15/h1-6,9H,7-8,10-11H2. The summed E-state index contributed by atoms with van der Waals surface area (Å²) < 4.78 is 16.1. The second-order valence-electron chi connectivity index (χ2n) is 5.24. The molecule has 2 aromatic carbocycles. The van der Waals surface area contributed by atoms with Crippen LogP contribution in [0.3, 0.4) is 0 Å². The van der Waals surface area contributed by atoms with Crippen molar-refractivity contribution in [1.29, 1.82) is 0 Å². The fourth-order valence-corrected chi connectivity index (χ4v) is 2.29. The van der Waals surface area contributed by atoms with E-state index in [4.69, 9.17) is 14.2 Å². The number of ether oxygens (including phenoxy) is 3. The number of nitro benzene ring substituents is 1. The molecule has 0 saturated heterocycles. The molecule has 1 aliphatic rings. The van der Waals surface area contributed by atoms with Crippen molar-refractivity contribution in [1.82, 2.24) is 0 Å². The van der Waals surface area contributed by atoms with Gasteiger partial charge in [-0.25, -0.2) is 0 Å². The minimum Gasteiger partial charge on any atom is -0.486 e. The molecule has 1 aliphatic heterocycles. The third-order valence-corrected chi connectivity index (χ3v) is 3.50. The van der Waals surface area contributed by atoms with E-state index < -0.39 is 4.92 Å². The minimum absolute atomic E-state index is 0.00125. The largest absolute Gasteiger partial charge is 0.486 e. The Labute approximate surface area is 137 Å². The van der Waals surface area contributed by atoms with Gasteiger partial charge in [0.1, 0.15) is 19.8 Å². The van der Waals surface area contributed by atoms with E-state index in [0.717, 1.165) is 5.56 Å². The molecule has 0 bridgehead atoms. The zero-order chi connectivity index (χ0) is 16.9. The number of nitrogens with zero attached hydrogens (tertiary/aromatic N) is 1. The number of carbonyl (C=O) groups excluding carboxylic acids is 1. The summed E-state index contributed by atoms with van der Waals surface area (Å²) in [5, 5.41) is 10.6. The summed E-state index contributed by atoms with van der Waals surface area (Å²) >= 11 is 0. The fourth-order valence-electron chi connectivity index (χ4n) is 2.29. The lowest BCUT2D eigenvalue weighted by Crippen LogP contribution is -2.15. The van der Waals surface area contributed by atoms with Gasteiger partial charge in [-0.05, 0) is 35.4 Å². The van der Waals surface area contributed by atoms with Crippen molar-refractivity contribution in [3.05, 3.63) is 63.7 Å². The van der Waals surface area contributed by atoms with Gasteiger partial charge in [-0.2, -0.15) is 0 Å². The van der Waals surface area contributed by atoms with E-state index in [2.05, 4.69) is 0 Å². The number of hydrogen-bond acceptors (Lipinski definition) is 6. The lowest BCUT2D eigenvalue weighted by Gasteiger charge is -2.18. The monoisotopic (exact) mass is 329 g/mol. The SMILES string of the molecule is O=C(Cc1ccc2c(c1)OCCO2)OCc1ccc([N+](=O)[O-])cc1. The van der Waals surface area contributed by atoms with Crippen molar-refractivity contribution < 1.29 is 23.9 Å². The number of fused-ring (bicyclic) bond motifs is 1. The van der Waals surface area contributed by atoms with Gasteiger partial charge in [0, 0.05) is 12.1 Å². The maximum absolute atomic E-state index is 11.9. The summed E-state index contributed by atoms with van der Waals surface area (Å²) in [5.74, 6) is 0.913. The van der Waals surface area contributed by atoms with Crippen LogP contribution in [0, 0.1) is 10.1 Å². The van der Waals surface area contributed by atoms with Gasteiger partial charge >= 0.3 is 5.97 Å². The van der Waals surface area contributed by atoms with Gasteiger partial charge in [-0.1, -0.05) is 6.07 Å². The van der Waals surface area contributed by atoms with E-state index in [1.807, 2.05) is 0 Å². The highest BCUT2D eigenvalue weighted by Gasteiger charge is 2.14. The van der Waals surface area contributed by atoms with Crippen LogP contribution in [0.5, 0.6) is 11.5 Å². The van der Waals surface area contributed by atoms with Gasteiger partial charge in [0.2, 0.25) is 0 Å². The Morgan fingerprint density at radius 2 is 1.71 bits per heavy atom. The molecule has 0 fully saturated rings. The molecule has 124 valence electrons. The van der Waals surface area contributed by atoms with Crippen LogP contribution in [0.4, 0.5) is 5.69 Å². The lowest BCUT2D eigenvalue weighted by molar-refractivity contribution is -0.384. The smallest absolute Gasteiger partial charge is 0.310 e. The molecule has 7 nitrogen and oxygen atoms in total. The number of nitro groups is 1. The van der Waals surface area contributed by atoms with Crippen LogP contribution >= 0.6 is 0 Å². The van der Waals surface area contributed by atoms with Crippen LogP contribution in [-0.2, 0) is 22.6 Å². The van der Waals surface area contributed by atoms with Gasteiger partial charge in [-0.15, -0.1) is 0 Å². The number of carbonyl (C=O) groups is 1. The average Bonchev–Trinajstić information content (AvgIpc) is 2.60. The first-order valence-corrected chi connectivity index (χ1v) is 7.39. The first-order valence-electron chi connectivity index (χ1n) is 7.39. The summed E-state index contributed by atoms with van der Waals surface area (Å²) in [6.45, 7) is 1.08. The molecule has 0 amide bonds. The first-order chi connectivity index (χ1) is 11.6. The van der Waals surface area contributed by atoms with Crippen molar-refractivity contribution >= 4 is 11.7 Å². The van der Waals surface area contributed by atoms with Crippen LogP contribution in [0.1, 0.15) is 11.1 Å². The number of rotatable bonds is 5. The van der Waals surface area contributed by atoms with Gasteiger partial charge in [-0.3, -0.25) is 14.9 Å². The van der Waals surface area contributed by atoms with Crippen molar-refractivity contribution in [2.75, 3.05) is 13.2 Å². The quantitative estimate of drug-likeness (QED) is 0.476. The molecule has 0 saturated carbocycles. The second kappa shape index (κ2) is 6.99. The molecule has 7 heteroatoms. The minimum atomic E-state index is -0.475. The molecule has 3 rings (SSSR count). The second-order valence-corrected chi connectivity index (χ2v) is 5.24. The van der Waals surface area contributed by atoms with E-state index in [9.17, 15) is 14.9 Å². The van der Waals surface area contributed by atoms with Gasteiger partial charge in [0.05, 0.1) is 11.3 Å². The Balaban J connectivity index is 1.55. The van der Waals surface area contributed by atoms with E-state index >= 15 is 0 Å². The molecule has 1 heterocycles. The first kappa shape index (κ1) is 15.8. The van der Waals surface area contributed by atoms with Crippen LogP contribution in [0.15, 0.2) is 42.5 Å². The predicted molar refractivity (Wildman–Crippen MR) is 84.0 cm³/mol. The molecule has 24 heavy (non-hydrogen) atoms. The van der Waals surface area contributed by atoms with Gasteiger partial charge in [0.25, 0.3) is 5.69 Å². The highest BCUT2D eigenvalue weighted by atomic mass is 16.6. The average molecular weight is 329 g/mol. The molecular weight excluding hydrogens is 314 g/mol. The normalized spacial score (nSPS) is 12.5.